The van der Waals surface area contributed by atoms with E-state index in [-0.39, 0.29) is 39.0 Å². The second-order valence-electron chi connectivity index (χ2n) is 8.10. The first-order valence-electron chi connectivity index (χ1n) is 10.7. The zero-order valence-electron chi connectivity index (χ0n) is 18.2. The Morgan fingerprint density at radius 3 is 2.20 bits per heavy atom. The Hall–Kier alpha value is -3.36. The molecule has 35 heavy (non-hydrogen) atoms. The summed E-state index contributed by atoms with van der Waals surface area (Å²) in [5.41, 5.74) is -1.24. The topological polar surface area (TPSA) is 9.23 Å². The number of fused-ring (bicyclic) bond motifs is 2. The molecule has 0 N–H and O–H groups in total. The van der Waals surface area contributed by atoms with Crippen molar-refractivity contribution < 1.29 is 39.9 Å². The second kappa shape index (κ2) is 9.02. The number of benzene rings is 3. The Morgan fingerprint density at radius 1 is 0.829 bits per heavy atom. The molecule has 0 unspecified atom stereocenters. The molecule has 0 spiro atoms. The summed E-state index contributed by atoms with van der Waals surface area (Å²) in [5, 5.41) is -0.539. The largest absolute Gasteiger partial charge is 0.456 e. The molecule has 3 aromatic carbocycles. The minimum atomic E-state index is -4.78. The van der Waals surface area contributed by atoms with Gasteiger partial charge in [-0.3, -0.25) is 0 Å². The lowest BCUT2D eigenvalue weighted by molar-refractivity contribution is -0.137. The van der Waals surface area contributed by atoms with E-state index in [1.54, 1.807) is 0 Å². The Morgan fingerprint density at radius 2 is 1.54 bits per heavy atom. The van der Waals surface area contributed by atoms with Crippen molar-refractivity contribution in [2.24, 2.45) is 0 Å². The van der Waals surface area contributed by atoms with Crippen molar-refractivity contribution >= 4 is 11.6 Å². The van der Waals surface area contributed by atoms with E-state index in [1.807, 2.05) is 6.92 Å². The van der Waals surface area contributed by atoms with Crippen molar-refractivity contribution in [3.63, 3.8) is 0 Å². The molecule has 0 radical (unpaired) electrons. The van der Waals surface area contributed by atoms with Crippen molar-refractivity contribution in [2.45, 2.75) is 38.5 Å². The summed E-state index contributed by atoms with van der Waals surface area (Å²) in [5.74, 6) is -1.84. The summed E-state index contributed by atoms with van der Waals surface area (Å²) in [6.45, 7) is 1.82. The number of rotatable bonds is 4. The molecule has 0 saturated heterocycles. The van der Waals surface area contributed by atoms with E-state index in [9.17, 15) is 35.1 Å². The fourth-order valence-corrected chi connectivity index (χ4v) is 4.07. The van der Waals surface area contributed by atoms with Crippen LogP contribution >= 0.6 is 0 Å². The van der Waals surface area contributed by atoms with Crippen LogP contribution in [0, 0.1) is 11.6 Å². The van der Waals surface area contributed by atoms with E-state index >= 15 is 0 Å². The fraction of sp³-hybridized carbons (Fsp3) is 0.231. The summed E-state index contributed by atoms with van der Waals surface area (Å²) in [4.78, 5) is 0. The van der Waals surface area contributed by atoms with Gasteiger partial charge < -0.3 is 4.74 Å². The lowest BCUT2D eigenvalue weighted by Crippen LogP contribution is -2.24. The minimum absolute atomic E-state index is 0.0158. The summed E-state index contributed by atoms with van der Waals surface area (Å²) in [6.07, 6.45) is -9.21. The molecule has 1 heterocycles. The maximum Gasteiger partial charge on any atom is 0.417 e. The van der Waals surface area contributed by atoms with Crippen LogP contribution in [0.15, 0.2) is 48.5 Å². The Bertz CT molecular complexity index is 1400. The molecular formula is C26H18F8O. The predicted octanol–water partition coefficient (Wildman–Crippen LogP) is 7.02. The van der Waals surface area contributed by atoms with Gasteiger partial charge in [0.15, 0.2) is 0 Å². The standard InChI is InChI=1S/C26H18F8O/c1-2-5-14-10-22-17(12-20(14)27)24(16-6-3-4-7-19(16)26(32,33)34)18-13-21(28)15(11-23(18)35-22)8-9-25(29,30)31/h3-4,6-8,10-13H,2,5,9H2,1H3/b15-8-. The first kappa shape index (κ1) is 24.8. The molecule has 0 saturated carbocycles. The van der Waals surface area contributed by atoms with Gasteiger partial charge in [-0.1, -0.05) is 37.6 Å². The summed E-state index contributed by atoms with van der Waals surface area (Å²) in [7, 11) is 0. The number of halogens is 8. The molecule has 0 atom stereocenters. The van der Waals surface area contributed by atoms with Crippen LogP contribution < -0.4 is 15.2 Å². The normalized spacial score (nSPS) is 14.0. The predicted molar refractivity (Wildman–Crippen MR) is 114 cm³/mol. The highest BCUT2D eigenvalue weighted by molar-refractivity contribution is 5.86. The van der Waals surface area contributed by atoms with E-state index < -0.39 is 41.2 Å². The first-order valence-corrected chi connectivity index (χ1v) is 10.7. The van der Waals surface area contributed by atoms with Gasteiger partial charge in [-0.05, 0) is 47.9 Å². The van der Waals surface area contributed by atoms with Crippen molar-refractivity contribution in [1.82, 2.24) is 0 Å². The lowest BCUT2D eigenvalue weighted by atomic mass is 9.88. The number of hydrogen-bond acceptors (Lipinski definition) is 1. The lowest BCUT2D eigenvalue weighted by Gasteiger charge is -2.24. The van der Waals surface area contributed by atoms with E-state index in [4.69, 9.17) is 4.74 Å². The van der Waals surface area contributed by atoms with Gasteiger partial charge in [-0.25, -0.2) is 8.78 Å². The van der Waals surface area contributed by atoms with Gasteiger partial charge in [0.25, 0.3) is 0 Å². The first-order chi connectivity index (χ1) is 16.4. The molecule has 0 aliphatic carbocycles. The van der Waals surface area contributed by atoms with E-state index in [1.165, 1.54) is 24.3 Å². The molecule has 0 fully saturated rings. The van der Waals surface area contributed by atoms with Crippen molar-refractivity contribution in [1.29, 1.82) is 0 Å². The summed E-state index contributed by atoms with van der Waals surface area (Å²) < 4.78 is 115. The zero-order chi connectivity index (χ0) is 25.5. The molecule has 3 aromatic rings. The van der Waals surface area contributed by atoms with Crippen molar-refractivity contribution in [3.05, 3.63) is 92.9 Å². The van der Waals surface area contributed by atoms with E-state index in [2.05, 4.69) is 0 Å². The van der Waals surface area contributed by atoms with Crippen LogP contribution in [0.2, 0.25) is 0 Å². The third-order valence-corrected chi connectivity index (χ3v) is 5.58. The van der Waals surface area contributed by atoms with Gasteiger partial charge >= 0.3 is 12.4 Å². The maximum atomic E-state index is 14.8. The Kier molecular flexibility index (Phi) is 6.38. The SMILES string of the molecule is CCCc1cc2c(cc1F)C(c1ccccc1C(F)(F)F)=c1cc(F)/c(=C\CC(F)(F)F)cc1O2. The summed E-state index contributed by atoms with van der Waals surface area (Å²) >= 11 is 0. The third kappa shape index (κ3) is 5.04. The molecule has 1 aliphatic heterocycles. The molecule has 184 valence electrons. The smallest absolute Gasteiger partial charge is 0.417 e. The fourth-order valence-electron chi connectivity index (χ4n) is 4.07. The van der Waals surface area contributed by atoms with Crippen LogP contribution in [-0.2, 0) is 12.6 Å². The zero-order valence-corrected chi connectivity index (χ0v) is 18.2. The molecule has 4 rings (SSSR count). The Labute approximate surface area is 195 Å². The van der Waals surface area contributed by atoms with Gasteiger partial charge in [0.2, 0.25) is 0 Å². The quantitative estimate of drug-likeness (QED) is 0.275. The van der Waals surface area contributed by atoms with Crippen molar-refractivity contribution in [3.8, 4) is 11.5 Å². The van der Waals surface area contributed by atoms with Gasteiger partial charge in [0.1, 0.15) is 23.1 Å². The highest BCUT2D eigenvalue weighted by Crippen LogP contribution is 2.42. The van der Waals surface area contributed by atoms with Gasteiger partial charge in [0.05, 0.1) is 12.0 Å². The van der Waals surface area contributed by atoms with Crippen molar-refractivity contribution in [2.75, 3.05) is 0 Å². The molecule has 0 aromatic heterocycles. The highest BCUT2D eigenvalue weighted by atomic mass is 19.4. The Balaban J connectivity index is 2.09. The summed E-state index contributed by atoms with van der Waals surface area (Å²) in [6, 6.07) is 8.81. The monoisotopic (exact) mass is 498 g/mol. The van der Waals surface area contributed by atoms with Gasteiger partial charge in [-0.15, -0.1) is 0 Å². The van der Waals surface area contributed by atoms with Crippen LogP contribution in [0.5, 0.6) is 11.5 Å². The molecule has 9 heteroatoms. The number of aryl methyl sites for hydroxylation is 1. The third-order valence-electron chi connectivity index (χ3n) is 5.58. The molecule has 0 amide bonds. The number of alkyl halides is 6. The van der Waals surface area contributed by atoms with Gasteiger partial charge in [-0.2, -0.15) is 26.3 Å². The van der Waals surface area contributed by atoms with Gasteiger partial charge in [0, 0.05) is 21.6 Å². The average molecular weight is 498 g/mol. The van der Waals surface area contributed by atoms with Crippen LogP contribution in [0.1, 0.15) is 42.0 Å². The molecule has 1 aliphatic rings. The van der Waals surface area contributed by atoms with Crippen LogP contribution in [0.25, 0.3) is 11.6 Å². The minimum Gasteiger partial charge on any atom is -0.456 e. The highest BCUT2D eigenvalue weighted by Gasteiger charge is 2.36. The molecule has 1 nitrogen and oxygen atoms in total. The van der Waals surface area contributed by atoms with Crippen LogP contribution in [0.3, 0.4) is 0 Å². The molecule has 0 bridgehead atoms. The average Bonchev–Trinajstić information content (AvgIpc) is 2.76. The van der Waals surface area contributed by atoms with Crippen LogP contribution in [-0.4, -0.2) is 6.18 Å². The number of hydrogen-bond donors (Lipinski definition) is 0. The maximum absolute atomic E-state index is 14.8. The van der Waals surface area contributed by atoms with Crippen LogP contribution in [0.4, 0.5) is 35.1 Å². The van der Waals surface area contributed by atoms with E-state index in [0.717, 1.165) is 24.3 Å². The molecular weight excluding hydrogens is 480 g/mol. The second-order valence-corrected chi connectivity index (χ2v) is 8.10. The number of ether oxygens (including phenoxy) is 1. The van der Waals surface area contributed by atoms with E-state index in [0.29, 0.717) is 18.9 Å².